The minimum atomic E-state index is -3.53. The van der Waals surface area contributed by atoms with Crippen LogP contribution < -0.4 is 0 Å². The summed E-state index contributed by atoms with van der Waals surface area (Å²) in [5.41, 5.74) is 2.78. The van der Waals surface area contributed by atoms with E-state index in [0.717, 1.165) is 29.7 Å². The van der Waals surface area contributed by atoms with Crippen LogP contribution in [-0.2, 0) is 10.0 Å². The molecular weight excluding hydrogens is 324 g/mol. The molecule has 1 aliphatic rings. The number of sulfonamides is 1. The van der Waals surface area contributed by atoms with Crippen molar-refractivity contribution in [3.8, 4) is 0 Å². The summed E-state index contributed by atoms with van der Waals surface area (Å²) in [5, 5.41) is 4.13. The molecule has 0 aliphatic carbocycles. The zero-order valence-electron chi connectivity index (χ0n) is 14.6. The van der Waals surface area contributed by atoms with Gasteiger partial charge in [-0.2, -0.15) is 4.31 Å². The molecule has 3 rings (SSSR count). The van der Waals surface area contributed by atoms with Gasteiger partial charge in [0.25, 0.3) is 0 Å². The van der Waals surface area contributed by atoms with Gasteiger partial charge in [0.15, 0.2) is 0 Å². The molecule has 6 heteroatoms. The minimum Gasteiger partial charge on any atom is -0.361 e. The SMILES string of the molecule is Cc1ccc(S(=O)(=O)N2CCCC2c2cc(C(C)C)on2)cc1C. The van der Waals surface area contributed by atoms with Gasteiger partial charge >= 0.3 is 0 Å². The van der Waals surface area contributed by atoms with Crippen molar-refractivity contribution in [2.45, 2.75) is 57.4 Å². The maximum atomic E-state index is 13.1. The van der Waals surface area contributed by atoms with Gasteiger partial charge in [0, 0.05) is 18.5 Å². The van der Waals surface area contributed by atoms with Gasteiger partial charge in [-0.25, -0.2) is 8.42 Å². The molecule has 1 saturated heterocycles. The predicted octanol–water partition coefficient (Wildman–Crippen LogP) is 3.94. The van der Waals surface area contributed by atoms with Crippen LogP contribution in [0.5, 0.6) is 0 Å². The number of hydrogen-bond donors (Lipinski definition) is 0. The number of nitrogens with zero attached hydrogens (tertiary/aromatic N) is 2. The van der Waals surface area contributed by atoms with Crippen molar-refractivity contribution >= 4 is 10.0 Å². The first-order valence-electron chi connectivity index (χ1n) is 8.36. The highest BCUT2D eigenvalue weighted by Gasteiger charge is 2.38. The summed E-state index contributed by atoms with van der Waals surface area (Å²) in [6.45, 7) is 8.49. The molecule has 0 N–H and O–H groups in total. The maximum absolute atomic E-state index is 13.1. The molecule has 0 saturated carbocycles. The average Bonchev–Trinajstić information content (AvgIpc) is 3.17. The summed E-state index contributed by atoms with van der Waals surface area (Å²) in [5.74, 6) is 1.03. The first kappa shape index (κ1) is 17.2. The normalized spacial score (nSPS) is 19.3. The van der Waals surface area contributed by atoms with Crippen LogP contribution in [0.4, 0.5) is 0 Å². The molecule has 1 unspecified atom stereocenters. The van der Waals surface area contributed by atoms with Crippen molar-refractivity contribution in [3.05, 3.63) is 46.8 Å². The van der Waals surface area contributed by atoms with Crippen molar-refractivity contribution in [2.24, 2.45) is 0 Å². The Bertz CT molecular complexity index is 840. The quantitative estimate of drug-likeness (QED) is 0.839. The van der Waals surface area contributed by atoms with Gasteiger partial charge in [-0.05, 0) is 49.9 Å². The summed E-state index contributed by atoms with van der Waals surface area (Å²) in [7, 11) is -3.53. The topological polar surface area (TPSA) is 63.4 Å². The minimum absolute atomic E-state index is 0.234. The molecule has 130 valence electrons. The lowest BCUT2D eigenvalue weighted by Gasteiger charge is -2.22. The standard InChI is InChI=1S/C18H24N2O3S/c1-12(2)18-11-16(19-23-18)17-6-5-9-20(17)24(21,22)15-8-7-13(3)14(4)10-15/h7-8,10-12,17H,5-6,9H2,1-4H3. The Labute approximate surface area is 143 Å². The molecule has 1 aromatic heterocycles. The molecule has 1 atom stereocenters. The van der Waals surface area contributed by atoms with Crippen molar-refractivity contribution in [3.63, 3.8) is 0 Å². The van der Waals surface area contributed by atoms with E-state index in [1.54, 1.807) is 16.4 Å². The number of hydrogen-bond acceptors (Lipinski definition) is 4. The van der Waals surface area contributed by atoms with Crippen molar-refractivity contribution in [2.75, 3.05) is 6.54 Å². The first-order valence-corrected chi connectivity index (χ1v) is 9.80. The second-order valence-corrected chi connectivity index (χ2v) is 8.72. The van der Waals surface area contributed by atoms with Crippen LogP contribution in [0.3, 0.4) is 0 Å². The van der Waals surface area contributed by atoms with Gasteiger partial charge in [-0.15, -0.1) is 0 Å². The third-order valence-corrected chi connectivity index (χ3v) is 6.65. The van der Waals surface area contributed by atoms with Crippen LogP contribution in [0.1, 0.15) is 61.2 Å². The van der Waals surface area contributed by atoms with E-state index in [4.69, 9.17) is 4.52 Å². The van der Waals surface area contributed by atoms with Gasteiger partial charge in [0.1, 0.15) is 11.5 Å². The largest absolute Gasteiger partial charge is 0.361 e. The van der Waals surface area contributed by atoms with Crippen molar-refractivity contribution in [1.82, 2.24) is 9.46 Å². The molecule has 0 amide bonds. The predicted molar refractivity (Wildman–Crippen MR) is 92.4 cm³/mol. The van der Waals surface area contributed by atoms with Crippen LogP contribution in [0.15, 0.2) is 33.7 Å². The van der Waals surface area contributed by atoms with E-state index < -0.39 is 10.0 Å². The lowest BCUT2D eigenvalue weighted by molar-refractivity contribution is 0.338. The van der Waals surface area contributed by atoms with E-state index in [0.29, 0.717) is 17.1 Å². The molecule has 5 nitrogen and oxygen atoms in total. The lowest BCUT2D eigenvalue weighted by Crippen LogP contribution is -2.31. The van der Waals surface area contributed by atoms with E-state index >= 15 is 0 Å². The van der Waals surface area contributed by atoms with E-state index in [1.807, 2.05) is 39.8 Å². The average molecular weight is 348 g/mol. The highest BCUT2D eigenvalue weighted by molar-refractivity contribution is 7.89. The monoisotopic (exact) mass is 348 g/mol. The Morgan fingerprint density at radius 3 is 2.58 bits per heavy atom. The Hall–Kier alpha value is -1.66. The summed E-state index contributed by atoms with van der Waals surface area (Å²) >= 11 is 0. The van der Waals surface area contributed by atoms with E-state index in [9.17, 15) is 8.42 Å². The fourth-order valence-corrected chi connectivity index (χ4v) is 4.82. The Morgan fingerprint density at radius 1 is 1.21 bits per heavy atom. The first-order chi connectivity index (χ1) is 11.3. The zero-order valence-corrected chi connectivity index (χ0v) is 15.4. The Morgan fingerprint density at radius 2 is 1.96 bits per heavy atom. The summed E-state index contributed by atoms with van der Waals surface area (Å²) < 4.78 is 33.1. The van der Waals surface area contributed by atoms with E-state index in [1.165, 1.54) is 0 Å². The molecule has 1 aliphatic heterocycles. The zero-order chi connectivity index (χ0) is 17.5. The molecule has 1 fully saturated rings. The van der Waals surface area contributed by atoms with E-state index in [-0.39, 0.29) is 12.0 Å². The van der Waals surface area contributed by atoms with Gasteiger partial charge in [0.05, 0.1) is 10.9 Å². The fourth-order valence-electron chi connectivity index (χ4n) is 3.07. The van der Waals surface area contributed by atoms with Crippen LogP contribution >= 0.6 is 0 Å². The molecule has 1 aromatic carbocycles. The highest BCUT2D eigenvalue weighted by atomic mass is 32.2. The molecule has 0 radical (unpaired) electrons. The van der Waals surface area contributed by atoms with Crippen molar-refractivity contribution in [1.29, 1.82) is 0 Å². The van der Waals surface area contributed by atoms with Crippen LogP contribution in [0.25, 0.3) is 0 Å². The highest BCUT2D eigenvalue weighted by Crippen LogP contribution is 2.37. The Kier molecular flexibility index (Phi) is 4.53. The summed E-state index contributed by atoms with van der Waals surface area (Å²) in [4.78, 5) is 0.352. The number of rotatable bonds is 4. The molecular formula is C18H24N2O3S. The lowest BCUT2D eigenvalue weighted by atomic mass is 10.1. The molecule has 2 heterocycles. The second kappa shape index (κ2) is 6.33. The van der Waals surface area contributed by atoms with Crippen molar-refractivity contribution < 1.29 is 12.9 Å². The number of benzene rings is 1. The fraction of sp³-hybridized carbons (Fsp3) is 0.500. The summed E-state index contributed by atoms with van der Waals surface area (Å²) in [6.07, 6.45) is 1.60. The second-order valence-electron chi connectivity index (χ2n) is 6.83. The number of aromatic nitrogens is 1. The van der Waals surface area contributed by atoms with Crippen LogP contribution in [0, 0.1) is 13.8 Å². The van der Waals surface area contributed by atoms with Gasteiger partial charge in [-0.3, -0.25) is 0 Å². The van der Waals surface area contributed by atoms with Crippen LogP contribution in [0.2, 0.25) is 0 Å². The molecule has 0 bridgehead atoms. The molecule has 2 aromatic rings. The molecule has 24 heavy (non-hydrogen) atoms. The Balaban J connectivity index is 1.95. The van der Waals surface area contributed by atoms with Gasteiger partial charge in [0.2, 0.25) is 10.0 Å². The van der Waals surface area contributed by atoms with Gasteiger partial charge < -0.3 is 4.52 Å². The summed E-state index contributed by atoms with van der Waals surface area (Å²) in [6, 6.07) is 6.95. The van der Waals surface area contributed by atoms with Gasteiger partial charge in [-0.1, -0.05) is 25.1 Å². The smallest absolute Gasteiger partial charge is 0.243 e. The third-order valence-electron chi connectivity index (χ3n) is 4.75. The third kappa shape index (κ3) is 3.00. The van der Waals surface area contributed by atoms with E-state index in [2.05, 4.69) is 5.16 Å². The van der Waals surface area contributed by atoms with Crippen LogP contribution in [-0.4, -0.2) is 24.4 Å². The number of aryl methyl sites for hydroxylation is 2. The molecule has 0 spiro atoms. The maximum Gasteiger partial charge on any atom is 0.243 e.